The topological polar surface area (TPSA) is 23.8 Å². The summed E-state index contributed by atoms with van der Waals surface area (Å²) in [4.78, 5) is 0. The molecule has 0 aliphatic rings. The molecule has 126 valence electrons. The van der Waals surface area contributed by atoms with E-state index in [1.54, 1.807) is 0 Å². The van der Waals surface area contributed by atoms with Gasteiger partial charge < -0.3 is 0 Å². The van der Waals surface area contributed by atoms with Crippen molar-refractivity contribution in [1.82, 2.24) is 0 Å². The van der Waals surface area contributed by atoms with E-state index in [-0.39, 0.29) is 0 Å². The molecule has 0 fully saturated rings. The molecular formula is C25H21N. The van der Waals surface area contributed by atoms with E-state index < -0.39 is 0 Å². The van der Waals surface area contributed by atoms with Crippen molar-refractivity contribution in [3.05, 3.63) is 113 Å². The molecular weight excluding hydrogens is 314 g/mol. The van der Waals surface area contributed by atoms with E-state index >= 15 is 0 Å². The summed E-state index contributed by atoms with van der Waals surface area (Å²) in [6.07, 6.45) is 4.28. The van der Waals surface area contributed by atoms with Crippen LogP contribution in [0.2, 0.25) is 0 Å². The van der Waals surface area contributed by atoms with Gasteiger partial charge in [0.1, 0.15) is 0 Å². The second-order valence-corrected chi connectivity index (χ2v) is 6.02. The van der Waals surface area contributed by atoms with Gasteiger partial charge >= 0.3 is 0 Å². The van der Waals surface area contributed by atoms with E-state index in [1.165, 1.54) is 33.9 Å². The lowest BCUT2D eigenvalue weighted by Crippen LogP contribution is -1.95. The quantitative estimate of drug-likeness (QED) is 0.381. The van der Waals surface area contributed by atoms with Crippen LogP contribution in [0.3, 0.4) is 0 Å². The standard InChI is InChI=1S/C25H21N/c1-2-24(21-11-5-3-6-12-21)25(22-13-7-4-8-14-22)23-17-15-20(16-18-23)10-9-19-26/h3-18H,2H2,1H3. The molecule has 1 heteroatoms. The summed E-state index contributed by atoms with van der Waals surface area (Å²) in [6, 6.07) is 31.5. The fourth-order valence-electron chi connectivity index (χ4n) is 3.18. The Morgan fingerprint density at radius 1 is 0.769 bits per heavy atom. The Hall–Kier alpha value is -3.37. The Morgan fingerprint density at radius 2 is 1.31 bits per heavy atom. The number of hydrogen-bond acceptors (Lipinski definition) is 1. The first kappa shape index (κ1) is 17.5. The number of allylic oxidation sites excluding steroid dienone is 2. The molecule has 0 unspecified atom stereocenters. The van der Waals surface area contributed by atoms with Crippen molar-refractivity contribution in [3.8, 4) is 6.07 Å². The predicted molar refractivity (Wildman–Crippen MR) is 110 cm³/mol. The van der Waals surface area contributed by atoms with Gasteiger partial charge in [-0.25, -0.2) is 0 Å². The normalized spacial score (nSPS) is 11.8. The Balaban J connectivity index is 2.18. The molecule has 0 aromatic heterocycles. The smallest absolute Gasteiger partial charge is 0.0912 e. The van der Waals surface area contributed by atoms with Crippen molar-refractivity contribution in [2.75, 3.05) is 0 Å². The van der Waals surface area contributed by atoms with Crippen LogP contribution >= 0.6 is 0 Å². The van der Waals surface area contributed by atoms with Crippen LogP contribution < -0.4 is 0 Å². The average molecular weight is 335 g/mol. The Morgan fingerprint density at radius 3 is 1.85 bits per heavy atom. The van der Waals surface area contributed by atoms with Gasteiger partial charge in [-0.1, -0.05) is 91.9 Å². The third-order valence-corrected chi connectivity index (χ3v) is 4.39. The zero-order valence-corrected chi connectivity index (χ0v) is 14.9. The molecule has 0 spiro atoms. The van der Waals surface area contributed by atoms with Crippen LogP contribution in [0.25, 0.3) is 17.2 Å². The summed E-state index contributed by atoms with van der Waals surface area (Å²) in [7, 11) is 0. The lowest BCUT2D eigenvalue weighted by molar-refractivity contribution is 1.24. The van der Waals surface area contributed by atoms with Crippen LogP contribution in [0.4, 0.5) is 0 Å². The first-order valence-corrected chi connectivity index (χ1v) is 8.84. The molecule has 0 aliphatic heterocycles. The summed E-state index contributed by atoms with van der Waals surface area (Å²) >= 11 is 0. The highest BCUT2D eigenvalue weighted by Gasteiger charge is 2.12. The summed E-state index contributed by atoms with van der Waals surface area (Å²) in [6.45, 7) is 2.20. The molecule has 0 aliphatic carbocycles. The first-order chi connectivity index (χ1) is 12.8. The third-order valence-electron chi connectivity index (χ3n) is 4.39. The first-order valence-electron chi connectivity index (χ1n) is 8.84. The van der Waals surface area contributed by atoms with Crippen LogP contribution in [-0.2, 0) is 0 Å². The predicted octanol–water partition coefficient (Wildman–Crippen LogP) is 6.59. The average Bonchev–Trinajstić information content (AvgIpc) is 2.72. The second-order valence-electron chi connectivity index (χ2n) is 6.02. The van der Waals surface area contributed by atoms with E-state index in [1.807, 2.05) is 18.2 Å². The van der Waals surface area contributed by atoms with Gasteiger partial charge in [-0.15, -0.1) is 0 Å². The molecule has 0 saturated heterocycles. The summed E-state index contributed by atoms with van der Waals surface area (Å²) < 4.78 is 0. The van der Waals surface area contributed by atoms with Crippen molar-refractivity contribution in [2.45, 2.75) is 13.3 Å². The molecule has 3 aromatic carbocycles. The minimum absolute atomic E-state index is 0.949. The molecule has 3 rings (SSSR count). The summed E-state index contributed by atoms with van der Waals surface area (Å²) in [5.41, 5.74) is 7.27. The molecule has 0 radical (unpaired) electrons. The molecule has 0 amide bonds. The fraction of sp³-hybridized carbons (Fsp3) is 0.0800. The van der Waals surface area contributed by atoms with Crippen molar-refractivity contribution >= 4 is 17.2 Å². The lowest BCUT2D eigenvalue weighted by Gasteiger charge is -2.16. The van der Waals surface area contributed by atoms with E-state index in [2.05, 4.69) is 85.8 Å². The number of hydrogen-bond donors (Lipinski definition) is 0. The molecule has 3 aromatic rings. The number of rotatable bonds is 5. The van der Waals surface area contributed by atoms with Gasteiger partial charge in [0.25, 0.3) is 0 Å². The molecule has 26 heavy (non-hydrogen) atoms. The zero-order valence-electron chi connectivity index (χ0n) is 14.9. The molecule has 0 atom stereocenters. The maximum absolute atomic E-state index is 8.71. The minimum atomic E-state index is 0.949. The Kier molecular flexibility index (Phi) is 5.80. The molecule has 0 saturated carbocycles. The number of benzene rings is 3. The largest absolute Gasteiger partial charge is 0.193 e. The SMILES string of the molecule is CCC(=C(c1ccccc1)c1ccc(C=CC#N)cc1)c1ccccc1. The van der Waals surface area contributed by atoms with Gasteiger partial charge in [-0.2, -0.15) is 5.26 Å². The van der Waals surface area contributed by atoms with Gasteiger partial charge in [0.05, 0.1) is 6.07 Å². The molecule has 1 nitrogen and oxygen atoms in total. The lowest BCUT2D eigenvalue weighted by atomic mass is 9.88. The highest BCUT2D eigenvalue weighted by atomic mass is 14.2. The second kappa shape index (κ2) is 8.65. The number of nitriles is 1. The van der Waals surface area contributed by atoms with Crippen molar-refractivity contribution in [1.29, 1.82) is 5.26 Å². The minimum Gasteiger partial charge on any atom is -0.193 e. The maximum atomic E-state index is 8.71. The maximum Gasteiger partial charge on any atom is 0.0912 e. The van der Waals surface area contributed by atoms with Crippen LogP contribution in [-0.4, -0.2) is 0 Å². The van der Waals surface area contributed by atoms with E-state index in [0.29, 0.717) is 0 Å². The van der Waals surface area contributed by atoms with E-state index in [9.17, 15) is 0 Å². The van der Waals surface area contributed by atoms with Crippen molar-refractivity contribution in [2.24, 2.45) is 0 Å². The molecule has 0 bridgehead atoms. The zero-order chi connectivity index (χ0) is 18.2. The van der Waals surface area contributed by atoms with Crippen LogP contribution in [0.1, 0.15) is 35.6 Å². The monoisotopic (exact) mass is 335 g/mol. The van der Waals surface area contributed by atoms with Gasteiger partial charge in [-0.3, -0.25) is 0 Å². The number of nitrogens with zero attached hydrogens (tertiary/aromatic N) is 1. The fourth-order valence-corrected chi connectivity index (χ4v) is 3.18. The van der Waals surface area contributed by atoms with Crippen molar-refractivity contribution in [3.63, 3.8) is 0 Å². The Bertz CT molecular complexity index is 941. The highest BCUT2D eigenvalue weighted by molar-refractivity contribution is 5.98. The van der Waals surface area contributed by atoms with Crippen LogP contribution in [0.5, 0.6) is 0 Å². The Labute approximate surface area is 155 Å². The summed E-state index contributed by atoms with van der Waals surface area (Å²) in [5.74, 6) is 0. The summed E-state index contributed by atoms with van der Waals surface area (Å²) in [5, 5.41) is 8.71. The van der Waals surface area contributed by atoms with Crippen LogP contribution in [0, 0.1) is 11.3 Å². The van der Waals surface area contributed by atoms with E-state index in [0.717, 1.165) is 12.0 Å². The third kappa shape index (κ3) is 3.99. The molecule has 0 heterocycles. The van der Waals surface area contributed by atoms with Gasteiger partial charge in [-0.05, 0) is 45.9 Å². The van der Waals surface area contributed by atoms with Gasteiger partial charge in [0, 0.05) is 6.08 Å². The van der Waals surface area contributed by atoms with Crippen LogP contribution in [0.15, 0.2) is 91.0 Å². The van der Waals surface area contributed by atoms with Gasteiger partial charge in [0.2, 0.25) is 0 Å². The molecule has 0 N–H and O–H groups in total. The highest BCUT2D eigenvalue weighted by Crippen LogP contribution is 2.34. The van der Waals surface area contributed by atoms with E-state index in [4.69, 9.17) is 5.26 Å². The van der Waals surface area contributed by atoms with Gasteiger partial charge in [0.15, 0.2) is 0 Å². The van der Waals surface area contributed by atoms with Crippen molar-refractivity contribution < 1.29 is 0 Å².